The fourth-order valence-electron chi connectivity index (χ4n) is 3.04. The number of rotatable bonds is 4. The fourth-order valence-corrected chi connectivity index (χ4v) is 3.04. The lowest BCUT2D eigenvalue weighted by molar-refractivity contribution is 0.101. The van der Waals surface area contributed by atoms with Gasteiger partial charge in [0.05, 0.1) is 0 Å². The van der Waals surface area contributed by atoms with Crippen molar-refractivity contribution in [3.63, 3.8) is 0 Å². The SMILES string of the molecule is CCCC1(CCC)c2ccccc2NC1O. The number of anilines is 1. The van der Waals surface area contributed by atoms with E-state index in [4.69, 9.17) is 0 Å². The molecule has 2 heteroatoms. The predicted octanol–water partition coefficient (Wildman–Crippen LogP) is 3.27. The highest BCUT2D eigenvalue weighted by molar-refractivity contribution is 5.61. The molecule has 2 N–H and O–H groups in total. The van der Waals surface area contributed by atoms with E-state index >= 15 is 0 Å². The molecule has 1 aromatic rings. The van der Waals surface area contributed by atoms with E-state index in [0.29, 0.717) is 0 Å². The quantitative estimate of drug-likeness (QED) is 0.814. The first-order valence-electron chi connectivity index (χ1n) is 6.28. The molecule has 88 valence electrons. The van der Waals surface area contributed by atoms with Crippen molar-refractivity contribution in [1.82, 2.24) is 0 Å². The molecule has 1 atom stereocenters. The average Bonchev–Trinajstić information content (AvgIpc) is 2.54. The van der Waals surface area contributed by atoms with Crippen LogP contribution in [0.3, 0.4) is 0 Å². The van der Waals surface area contributed by atoms with E-state index in [1.807, 2.05) is 6.07 Å². The fraction of sp³-hybridized carbons (Fsp3) is 0.571. The zero-order valence-corrected chi connectivity index (χ0v) is 10.2. The van der Waals surface area contributed by atoms with Crippen molar-refractivity contribution in [3.05, 3.63) is 29.8 Å². The van der Waals surface area contributed by atoms with E-state index in [1.165, 1.54) is 5.56 Å². The molecular formula is C14H21NO. The van der Waals surface area contributed by atoms with Gasteiger partial charge >= 0.3 is 0 Å². The van der Waals surface area contributed by atoms with Crippen LogP contribution in [0.4, 0.5) is 5.69 Å². The van der Waals surface area contributed by atoms with Gasteiger partial charge in [0.2, 0.25) is 0 Å². The van der Waals surface area contributed by atoms with Crippen molar-refractivity contribution >= 4 is 5.69 Å². The first kappa shape index (κ1) is 11.5. The van der Waals surface area contributed by atoms with E-state index in [0.717, 1.165) is 31.4 Å². The maximum absolute atomic E-state index is 10.3. The highest BCUT2D eigenvalue weighted by Crippen LogP contribution is 2.46. The first-order valence-corrected chi connectivity index (χ1v) is 6.28. The van der Waals surface area contributed by atoms with Crippen molar-refractivity contribution in [3.8, 4) is 0 Å². The van der Waals surface area contributed by atoms with Crippen molar-refractivity contribution in [2.75, 3.05) is 5.32 Å². The molecule has 1 aliphatic heterocycles. The minimum Gasteiger partial charge on any atom is -0.373 e. The maximum atomic E-state index is 10.3. The summed E-state index contributed by atoms with van der Waals surface area (Å²) in [6.07, 6.45) is 3.88. The molecular weight excluding hydrogens is 198 g/mol. The molecule has 2 rings (SSSR count). The number of aliphatic hydroxyl groups excluding tert-OH is 1. The van der Waals surface area contributed by atoms with Gasteiger partial charge < -0.3 is 10.4 Å². The van der Waals surface area contributed by atoms with Crippen LogP contribution >= 0.6 is 0 Å². The third-order valence-corrected chi connectivity index (χ3v) is 3.67. The van der Waals surface area contributed by atoms with Crippen LogP contribution in [0.15, 0.2) is 24.3 Å². The molecule has 0 saturated carbocycles. The van der Waals surface area contributed by atoms with Gasteiger partial charge in [0, 0.05) is 11.1 Å². The molecule has 1 aliphatic rings. The average molecular weight is 219 g/mol. The zero-order valence-electron chi connectivity index (χ0n) is 10.2. The monoisotopic (exact) mass is 219 g/mol. The van der Waals surface area contributed by atoms with E-state index in [2.05, 4.69) is 37.4 Å². The van der Waals surface area contributed by atoms with Crippen molar-refractivity contribution in [1.29, 1.82) is 0 Å². The van der Waals surface area contributed by atoms with Gasteiger partial charge in [-0.25, -0.2) is 0 Å². The maximum Gasteiger partial charge on any atom is 0.134 e. The Labute approximate surface area is 97.7 Å². The summed E-state index contributed by atoms with van der Waals surface area (Å²) in [5.41, 5.74) is 2.34. The standard InChI is InChI=1S/C14H21NO/c1-3-9-14(10-4-2)11-7-5-6-8-12(11)15-13(14)16/h5-8,13,15-16H,3-4,9-10H2,1-2H3. The van der Waals surface area contributed by atoms with Crippen LogP contribution < -0.4 is 5.32 Å². The van der Waals surface area contributed by atoms with Gasteiger partial charge in [-0.3, -0.25) is 0 Å². The second-order valence-corrected chi connectivity index (χ2v) is 4.75. The van der Waals surface area contributed by atoms with E-state index in [9.17, 15) is 5.11 Å². The lowest BCUT2D eigenvalue weighted by Gasteiger charge is -2.32. The van der Waals surface area contributed by atoms with Gasteiger partial charge in [0.15, 0.2) is 0 Å². The van der Waals surface area contributed by atoms with Gasteiger partial charge in [-0.05, 0) is 24.5 Å². The second kappa shape index (κ2) is 4.46. The minimum absolute atomic E-state index is 0.0694. The third kappa shape index (κ3) is 1.61. The number of hydrogen-bond donors (Lipinski definition) is 2. The lowest BCUT2D eigenvalue weighted by Crippen LogP contribution is -2.38. The van der Waals surface area contributed by atoms with E-state index in [1.54, 1.807) is 0 Å². The Morgan fingerprint density at radius 3 is 2.44 bits per heavy atom. The Kier molecular flexibility index (Phi) is 3.20. The smallest absolute Gasteiger partial charge is 0.134 e. The summed E-state index contributed by atoms with van der Waals surface area (Å²) in [5, 5.41) is 13.5. The van der Waals surface area contributed by atoms with Crippen molar-refractivity contribution in [2.45, 2.75) is 51.2 Å². The molecule has 0 amide bonds. The Morgan fingerprint density at radius 1 is 1.19 bits per heavy atom. The molecule has 16 heavy (non-hydrogen) atoms. The summed E-state index contributed by atoms with van der Waals surface area (Å²) < 4.78 is 0. The second-order valence-electron chi connectivity index (χ2n) is 4.75. The molecule has 0 fully saturated rings. The van der Waals surface area contributed by atoms with Gasteiger partial charge in [0.25, 0.3) is 0 Å². The van der Waals surface area contributed by atoms with Crippen LogP contribution in [0.2, 0.25) is 0 Å². The number of nitrogens with one attached hydrogen (secondary N) is 1. The van der Waals surface area contributed by atoms with Crippen LogP contribution in [0, 0.1) is 0 Å². The summed E-state index contributed by atoms with van der Waals surface area (Å²) in [7, 11) is 0. The Hall–Kier alpha value is -1.02. The molecule has 0 spiro atoms. The summed E-state index contributed by atoms with van der Waals surface area (Å²) in [6, 6.07) is 8.31. The number of hydrogen-bond acceptors (Lipinski definition) is 2. The molecule has 0 radical (unpaired) electrons. The molecule has 2 nitrogen and oxygen atoms in total. The number of para-hydroxylation sites is 1. The van der Waals surface area contributed by atoms with Gasteiger partial charge in [-0.1, -0.05) is 44.9 Å². The summed E-state index contributed by atoms with van der Waals surface area (Å²) in [5.74, 6) is 0. The zero-order chi connectivity index (χ0) is 11.6. The van der Waals surface area contributed by atoms with Crippen LogP contribution in [0.25, 0.3) is 0 Å². The molecule has 1 heterocycles. The van der Waals surface area contributed by atoms with Crippen LogP contribution in [0.1, 0.15) is 45.1 Å². The number of aliphatic hydroxyl groups is 1. The highest BCUT2D eigenvalue weighted by Gasteiger charge is 2.44. The molecule has 0 aliphatic carbocycles. The van der Waals surface area contributed by atoms with Gasteiger partial charge in [-0.15, -0.1) is 0 Å². The normalized spacial score (nSPS) is 21.6. The van der Waals surface area contributed by atoms with Gasteiger partial charge in [-0.2, -0.15) is 0 Å². The van der Waals surface area contributed by atoms with Crippen LogP contribution in [0.5, 0.6) is 0 Å². The van der Waals surface area contributed by atoms with E-state index < -0.39 is 6.23 Å². The number of fused-ring (bicyclic) bond motifs is 1. The summed E-state index contributed by atoms with van der Waals surface area (Å²) >= 11 is 0. The minimum atomic E-state index is -0.426. The molecule has 0 aromatic heterocycles. The molecule has 0 bridgehead atoms. The van der Waals surface area contributed by atoms with Crippen molar-refractivity contribution < 1.29 is 5.11 Å². The Bertz CT molecular complexity index is 356. The topological polar surface area (TPSA) is 32.3 Å². The highest BCUT2D eigenvalue weighted by atomic mass is 16.3. The number of benzene rings is 1. The Morgan fingerprint density at radius 2 is 1.81 bits per heavy atom. The third-order valence-electron chi connectivity index (χ3n) is 3.67. The summed E-state index contributed by atoms with van der Waals surface area (Å²) in [4.78, 5) is 0. The van der Waals surface area contributed by atoms with E-state index in [-0.39, 0.29) is 5.41 Å². The molecule has 1 unspecified atom stereocenters. The van der Waals surface area contributed by atoms with Crippen LogP contribution in [-0.2, 0) is 5.41 Å². The predicted molar refractivity (Wildman–Crippen MR) is 67.6 cm³/mol. The molecule has 0 saturated heterocycles. The van der Waals surface area contributed by atoms with Gasteiger partial charge in [0.1, 0.15) is 6.23 Å². The lowest BCUT2D eigenvalue weighted by atomic mass is 9.74. The summed E-state index contributed by atoms with van der Waals surface area (Å²) in [6.45, 7) is 4.37. The first-order chi connectivity index (χ1) is 7.74. The molecule has 1 aromatic carbocycles. The van der Waals surface area contributed by atoms with Crippen LogP contribution in [-0.4, -0.2) is 11.3 Å². The largest absolute Gasteiger partial charge is 0.373 e. The Balaban J connectivity index is 2.43. The van der Waals surface area contributed by atoms with Crippen molar-refractivity contribution in [2.24, 2.45) is 0 Å².